The van der Waals surface area contributed by atoms with Crippen LogP contribution >= 0.6 is 11.6 Å². The first-order valence-electron chi connectivity index (χ1n) is 7.01. The zero-order valence-electron chi connectivity index (χ0n) is 12.4. The number of hydrogen-bond acceptors (Lipinski definition) is 2. The summed E-state index contributed by atoms with van der Waals surface area (Å²) in [5, 5.41) is 9.11. The van der Waals surface area contributed by atoms with Gasteiger partial charge in [-0.25, -0.2) is 4.68 Å². The zero-order chi connectivity index (χ0) is 14.5. The van der Waals surface area contributed by atoms with Gasteiger partial charge in [-0.3, -0.25) is 0 Å². The molecule has 1 aromatic carbocycles. The fraction of sp³-hybridized carbons (Fsp3) is 0.438. The number of aromatic nitrogens is 2. The number of nitrogens with one attached hydrogen (secondary N) is 1. The molecule has 0 atom stereocenters. The molecule has 3 rings (SSSR count). The summed E-state index contributed by atoms with van der Waals surface area (Å²) in [6.45, 7) is 9.66. The average Bonchev–Trinajstić information content (AvgIpc) is 2.93. The first-order valence-corrected chi connectivity index (χ1v) is 7.39. The molecule has 0 fully saturated rings. The van der Waals surface area contributed by atoms with E-state index in [1.807, 2.05) is 23.7 Å². The van der Waals surface area contributed by atoms with E-state index < -0.39 is 0 Å². The third kappa shape index (κ3) is 2.01. The van der Waals surface area contributed by atoms with E-state index in [4.69, 9.17) is 16.7 Å². The Bertz CT molecular complexity index is 665. The highest BCUT2D eigenvalue weighted by Gasteiger charge is 2.30. The summed E-state index contributed by atoms with van der Waals surface area (Å²) < 4.78 is 2.02. The molecule has 20 heavy (non-hydrogen) atoms. The second-order valence-electron chi connectivity index (χ2n) is 6.40. The first-order chi connectivity index (χ1) is 9.39. The molecule has 0 unspecified atom stereocenters. The number of halogens is 1. The van der Waals surface area contributed by atoms with Crippen molar-refractivity contribution in [2.24, 2.45) is 0 Å². The van der Waals surface area contributed by atoms with Crippen LogP contribution < -0.4 is 5.32 Å². The maximum Gasteiger partial charge on any atom is 0.133 e. The van der Waals surface area contributed by atoms with Crippen LogP contribution in [0.4, 0.5) is 5.82 Å². The predicted molar refractivity (Wildman–Crippen MR) is 84.2 cm³/mol. The number of hydrogen-bond donors (Lipinski definition) is 1. The number of fused-ring (bicyclic) bond motifs is 1. The summed E-state index contributed by atoms with van der Waals surface area (Å²) in [4.78, 5) is 0. The van der Waals surface area contributed by atoms with Crippen molar-refractivity contribution in [2.45, 2.75) is 39.5 Å². The monoisotopic (exact) mass is 289 g/mol. The molecule has 0 amide bonds. The number of rotatable bonds is 1. The lowest BCUT2D eigenvalue weighted by molar-refractivity contribution is 0.554. The second-order valence-corrected chi connectivity index (χ2v) is 6.81. The SMILES string of the molecule is Cc1c(Cl)cccc1-n1nc(C(C)(C)C)c2c1NCC2. The summed E-state index contributed by atoms with van der Waals surface area (Å²) in [7, 11) is 0. The molecule has 3 nitrogen and oxygen atoms in total. The van der Waals surface area contributed by atoms with E-state index in [0.29, 0.717) is 0 Å². The maximum absolute atomic E-state index is 6.25. The van der Waals surface area contributed by atoms with Gasteiger partial charge in [0, 0.05) is 22.5 Å². The van der Waals surface area contributed by atoms with Gasteiger partial charge in [0.1, 0.15) is 5.82 Å². The zero-order valence-corrected chi connectivity index (χ0v) is 13.2. The molecular formula is C16H20ClN3. The summed E-state index contributed by atoms with van der Waals surface area (Å²) in [5.41, 5.74) is 4.69. The van der Waals surface area contributed by atoms with Crippen molar-refractivity contribution in [1.82, 2.24) is 9.78 Å². The van der Waals surface area contributed by atoms with Crippen LogP contribution in [0.5, 0.6) is 0 Å². The third-order valence-electron chi connectivity index (χ3n) is 3.83. The summed E-state index contributed by atoms with van der Waals surface area (Å²) in [5.74, 6) is 1.13. The van der Waals surface area contributed by atoms with Gasteiger partial charge in [0.15, 0.2) is 0 Å². The van der Waals surface area contributed by atoms with Gasteiger partial charge in [-0.1, -0.05) is 38.4 Å². The van der Waals surface area contributed by atoms with Crippen LogP contribution in [0.25, 0.3) is 5.69 Å². The lowest BCUT2D eigenvalue weighted by atomic mass is 9.89. The molecule has 0 saturated carbocycles. The van der Waals surface area contributed by atoms with Crippen LogP contribution in [-0.4, -0.2) is 16.3 Å². The molecule has 0 bridgehead atoms. The van der Waals surface area contributed by atoms with Crippen LogP contribution in [0, 0.1) is 6.92 Å². The van der Waals surface area contributed by atoms with Crippen molar-refractivity contribution in [2.75, 3.05) is 11.9 Å². The van der Waals surface area contributed by atoms with Gasteiger partial charge >= 0.3 is 0 Å². The molecule has 2 aromatic rings. The summed E-state index contributed by atoms with van der Waals surface area (Å²) in [6.07, 6.45) is 1.04. The highest BCUT2D eigenvalue weighted by atomic mass is 35.5. The van der Waals surface area contributed by atoms with Crippen LogP contribution in [0.3, 0.4) is 0 Å². The van der Waals surface area contributed by atoms with Gasteiger partial charge in [0.05, 0.1) is 11.4 Å². The molecule has 0 radical (unpaired) electrons. The number of anilines is 1. The van der Waals surface area contributed by atoms with Crippen LogP contribution in [-0.2, 0) is 11.8 Å². The molecule has 0 saturated heterocycles. The smallest absolute Gasteiger partial charge is 0.133 e. The molecule has 0 aliphatic carbocycles. The van der Waals surface area contributed by atoms with Gasteiger partial charge < -0.3 is 5.32 Å². The number of nitrogens with zero attached hydrogens (tertiary/aromatic N) is 2. The van der Waals surface area contributed by atoms with Crippen LogP contribution in [0.15, 0.2) is 18.2 Å². The van der Waals surface area contributed by atoms with Crippen molar-refractivity contribution >= 4 is 17.4 Å². The van der Waals surface area contributed by atoms with Gasteiger partial charge in [-0.2, -0.15) is 5.10 Å². The van der Waals surface area contributed by atoms with Crippen LogP contribution in [0.1, 0.15) is 37.6 Å². The van der Waals surface area contributed by atoms with Crippen LogP contribution in [0.2, 0.25) is 5.02 Å². The van der Waals surface area contributed by atoms with Gasteiger partial charge in [-0.15, -0.1) is 0 Å². The lowest BCUT2D eigenvalue weighted by Crippen LogP contribution is -2.15. The molecule has 106 valence electrons. The van der Waals surface area contributed by atoms with Gasteiger partial charge in [-0.05, 0) is 31.0 Å². The van der Waals surface area contributed by atoms with Gasteiger partial charge in [0.25, 0.3) is 0 Å². The summed E-state index contributed by atoms with van der Waals surface area (Å²) >= 11 is 6.25. The van der Waals surface area contributed by atoms with E-state index in [0.717, 1.165) is 35.1 Å². The Morgan fingerprint density at radius 2 is 2.05 bits per heavy atom. The van der Waals surface area contributed by atoms with E-state index in [1.165, 1.54) is 11.3 Å². The molecule has 1 aliphatic heterocycles. The second kappa shape index (κ2) is 4.52. The van der Waals surface area contributed by atoms with E-state index in [-0.39, 0.29) is 5.41 Å². The summed E-state index contributed by atoms with van der Waals surface area (Å²) in [6, 6.07) is 5.97. The van der Waals surface area contributed by atoms with E-state index in [2.05, 4.69) is 32.2 Å². The van der Waals surface area contributed by atoms with Gasteiger partial charge in [0.2, 0.25) is 0 Å². The number of benzene rings is 1. The Morgan fingerprint density at radius 1 is 1.30 bits per heavy atom. The Hall–Kier alpha value is -1.48. The highest BCUT2D eigenvalue weighted by Crippen LogP contribution is 2.36. The Labute approximate surface area is 124 Å². The minimum atomic E-state index is 0.0494. The molecule has 0 spiro atoms. The fourth-order valence-electron chi connectivity index (χ4n) is 2.78. The maximum atomic E-state index is 6.25. The van der Waals surface area contributed by atoms with E-state index >= 15 is 0 Å². The van der Waals surface area contributed by atoms with Crippen molar-refractivity contribution in [1.29, 1.82) is 0 Å². The molecule has 4 heteroatoms. The van der Waals surface area contributed by atoms with E-state index in [9.17, 15) is 0 Å². The molecular weight excluding hydrogens is 270 g/mol. The van der Waals surface area contributed by atoms with Crippen molar-refractivity contribution in [3.63, 3.8) is 0 Å². The molecule has 1 N–H and O–H groups in total. The Morgan fingerprint density at radius 3 is 2.75 bits per heavy atom. The molecule has 2 heterocycles. The Balaban J connectivity index is 2.23. The largest absolute Gasteiger partial charge is 0.369 e. The van der Waals surface area contributed by atoms with Crippen molar-refractivity contribution in [3.05, 3.63) is 40.0 Å². The average molecular weight is 290 g/mol. The molecule has 1 aliphatic rings. The minimum Gasteiger partial charge on any atom is -0.369 e. The third-order valence-corrected chi connectivity index (χ3v) is 4.24. The normalized spacial score (nSPS) is 14.2. The van der Waals surface area contributed by atoms with Crippen molar-refractivity contribution in [3.8, 4) is 5.69 Å². The topological polar surface area (TPSA) is 29.9 Å². The standard InChI is InChI=1S/C16H20ClN3/c1-10-12(17)6-5-7-13(10)20-15-11(8-9-18-15)14(19-20)16(2,3)4/h5-7,18H,8-9H2,1-4H3. The minimum absolute atomic E-state index is 0.0494. The molecule has 1 aromatic heterocycles. The predicted octanol–water partition coefficient (Wildman–Crippen LogP) is 4.10. The van der Waals surface area contributed by atoms with E-state index in [1.54, 1.807) is 0 Å². The van der Waals surface area contributed by atoms with Crippen molar-refractivity contribution < 1.29 is 0 Å². The quantitative estimate of drug-likeness (QED) is 0.856. The Kier molecular flexibility index (Phi) is 3.05. The fourth-order valence-corrected chi connectivity index (χ4v) is 2.95. The lowest BCUT2D eigenvalue weighted by Gasteiger charge is -2.16. The highest BCUT2D eigenvalue weighted by molar-refractivity contribution is 6.31. The first kappa shape index (κ1) is 13.5.